The fourth-order valence-electron chi connectivity index (χ4n) is 0.647. The van der Waals surface area contributed by atoms with Gasteiger partial charge in [-0.3, -0.25) is 0 Å². The van der Waals surface area contributed by atoms with Gasteiger partial charge in [0.15, 0.2) is 0 Å². The average Bonchev–Trinajstić information content (AvgIpc) is 1.96. The van der Waals surface area contributed by atoms with Crippen LogP contribution >= 0.6 is 11.6 Å². The van der Waals surface area contributed by atoms with Crippen LogP contribution in [0.1, 0.15) is 12.8 Å². The summed E-state index contributed by atoms with van der Waals surface area (Å²) in [5, 5.41) is 16.7. The first-order valence-electron chi connectivity index (χ1n) is 3.30. The lowest BCUT2D eigenvalue weighted by atomic mass is 10.1. The Balaban J connectivity index is 4.23. The van der Waals surface area contributed by atoms with E-state index >= 15 is 0 Å². The zero-order chi connectivity index (χ0) is 9.56. The second kappa shape index (κ2) is 5.60. The smallest absolute Gasteiger partial charge is 0.331 e. The minimum absolute atomic E-state index is 0.122. The summed E-state index contributed by atoms with van der Waals surface area (Å²) in [4.78, 5) is 20.5. The van der Waals surface area contributed by atoms with Crippen LogP contribution in [-0.2, 0) is 9.59 Å². The van der Waals surface area contributed by atoms with Crippen molar-refractivity contribution in [2.24, 2.45) is 0 Å². The normalized spacial score (nSPS) is 11.2. The van der Waals surface area contributed by atoms with E-state index in [1.807, 2.05) is 0 Å². The summed E-state index contributed by atoms with van der Waals surface area (Å²) >= 11 is 5.32. The average molecular weight is 193 g/mol. The van der Waals surface area contributed by atoms with Crippen molar-refractivity contribution in [1.82, 2.24) is 0 Å². The molecule has 0 heterocycles. The molecule has 68 valence electrons. The molecule has 0 aromatic carbocycles. The molecule has 0 aromatic rings. The molecular weight excluding hydrogens is 184 g/mol. The lowest BCUT2D eigenvalue weighted by molar-refractivity contribution is -0.135. The lowest BCUT2D eigenvalue weighted by Crippen LogP contribution is -2.04. The molecule has 0 aliphatic heterocycles. The molecule has 0 fully saturated rings. The Labute approximate surface area is 74.5 Å². The van der Waals surface area contributed by atoms with Gasteiger partial charge in [-0.15, -0.1) is 11.6 Å². The third kappa shape index (κ3) is 4.73. The van der Waals surface area contributed by atoms with E-state index in [-0.39, 0.29) is 12.0 Å². The van der Waals surface area contributed by atoms with Crippen molar-refractivity contribution >= 4 is 23.5 Å². The van der Waals surface area contributed by atoms with Crippen LogP contribution in [0.15, 0.2) is 11.6 Å². The molecule has 0 rings (SSSR count). The SMILES string of the molecule is O=C(O)/C=C(/CCCCl)C(=O)O. The second-order valence-corrected chi connectivity index (χ2v) is 2.48. The highest BCUT2D eigenvalue weighted by Crippen LogP contribution is 2.05. The zero-order valence-corrected chi connectivity index (χ0v) is 7.04. The molecule has 2 N–H and O–H groups in total. The van der Waals surface area contributed by atoms with Crippen molar-refractivity contribution < 1.29 is 19.8 Å². The monoisotopic (exact) mass is 192 g/mol. The quantitative estimate of drug-likeness (QED) is 0.505. The van der Waals surface area contributed by atoms with Crippen LogP contribution in [0.25, 0.3) is 0 Å². The third-order valence-corrected chi connectivity index (χ3v) is 1.42. The van der Waals surface area contributed by atoms with Gasteiger partial charge >= 0.3 is 11.9 Å². The minimum Gasteiger partial charge on any atom is -0.478 e. The number of halogens is 1. The highest BCUT2D eigenvalue weighted by molar-refractivity contribution is 6.17. The first-order valence-corrected chi connectivity index (χ1v) is 3.84. The van der Waals surface area contributed by atoms with E-state index in [2.05, 4.69) is 0 Å². The number of carboxylic acids is 2. The molecule has 0 aliphatic rings. The molecular formula is C7H9ClO4. The number of alkyl halides is 1. The summed E-state index contributed by atoms with van der Waals surface area (Å²) in [5.74, 6) is -2.13. The maximum Gasteiger partial charge on any atom is 0.331 e. The van der Waals surface area contributed by atoms with E-state index < -0.39 is 11.9 Å². The van der Waals surface area contributed by atoms with Crippen molar-refractivity contribution in [3.8, 4) is 0 Å². The maximum absolute atomic E-state index is 10.4. The second-order valence-electron chi connectivity index (χ2n) is 2.11. The largest absolute Gasteiger partial charge is 0.478 e. The van der Waals surface area contributed by atoms with Gasteiger partial charge < -0.3 is 10.2 Å². The Bertz CT molecular complexity index is 209. The Kier molecular flexibility index (Phi) is 5.12. The standard InChI is InChI=1S/C7H9ClO4/c8-3-1-2-5(7(11)12)4-6(9)10/h4H,1-3H2,(H,9,10)(H,11,12)/b5-4-. The van der Waals surface area contributed by atoms with Crippen LogP contribution in [0.4, 0.5) is 0 Å². The minimum atomic E-state index is -1.25. The maximum atomic E-state index is 10.4. The summed E-state index contributed by atoms with van der Waals surface area (Å²) < 4.78 is 0. The van der Waals surface area contributed by atoms with Crippen LogP contribution in [0, 0.1) is 0 Å². The van der Waals surface area contributed by atoms with Gasteiger partial charge in [-0.2, -0.15) is 0 Å². The Morgan fingerprint density at radius 3 is 2.25 bits per heavy atom. The molecule has 0 saturated heterocycles. The summed E-state index contributed by atoms with van der Waals surface area (Å²) in [7, 11) is 0. The van der Waals surface area contributed by atoms with Crippen LogP contribution in [-0.4, -0.2) is 28.0 Å². The molecule has 0 amide bonds. The summed E-state index contributed by atoms with van der Waals surface area (Å²) in [6.45, 7) is 0. The highest BCUT2D eigenvalue weighted by atomic mass is 35.5. The van der Waals surface area contributed by atoms with Gasteiger partial charge in [-0.1, -0.05) is 0 Å². The predicted molar refractivity (Wildman–Crippen MR) is 43.3 cm³/mol. The Morgan fingerprint density at radius 2 is 1.92 bits per heavy atom. The van der Waals surface area contributed by atoms with Crippen molar-refractivity contribution in [2.45, 2.75) is 12.8 Å². The van der Waals surface area contributed by atoms with Gasteiger partial charge in [0.25, 0.3) is 0 Å². The third-order valence-electron chi connectivity index (χ3n) is 1.15. The van der Waals surface area contributed by atoms with E-state index in [0.717, 1.165) is 0 Å². The number of carbonyl (C=O) groups is 2. The van der Waals surface area contributed by atoms with Gasteiger partial charge in [-0.25, -0.2) is 9.59 Å². The van der Waals surface area contributed by atoms with Crippen molar-refractivity contribution in [2.75, 3.05) is 5.88 Å². The van der Waals surface area contributed by atoms with Gasteiger partial charge in [0, 0.05) is 17.5 Å². The number of aliphatic carboxylic acids is 2. The molecule has 0 radical (unpaired) electrons. The fourth-order valence-corrected chi connectivity index (χ4v) is 0.781. The van der Waals surface area contributed by atoms with Crippen molar-refractivity contribution in [3.63, 3.8) is 0 Å². The number of hydrogen-bond donors (Lipinski definition) is 2. The lowest BCUT2D eigenvalue weighted by Gasteiger charge is -1.97. The van der Waals surface area contributed by atoms with Gasteiger partial charge in [0.1, 0.15) is 0 Å². The molecule has 0 bridgehead atoms. The number of hydrogen-bond acceptors (Lipinski definition) is 2. The van der Waals surface area contributed by atoms with Crippen LogP contribution in [0.3, 0.4) is 0 Å². The fraction of sp³-hybridized carbons (Fsp3) is 0.429. The molecule has 4 nitrogen and oxygen atoms in total. The van der Waals surface area contributed by atoms with Gasteiger partial charge in [0.2, 0.25) is 0 Å². The van der Waals surface area contributed by atoms with E-state index in [9.17, 15) is 9.59 Å². The van der Waals surface area contributed by atoms with Crippen LogP contribution in [0.2, 0.25) is 0 Å². The molecule has 0 aromatic heterocycles. The molecule has 5 heteroatoms. The summed E-state index contributed by atoms with van der Waals surface area (Å²) in [6, 6.07) is 0. The van der Waals surface area contributed by atoms with Gasteiger partial charge in [-0.05, 0) is 12.8 Å². The van der Waals surface area contributed by atoms with E-state index in [1.165, 1.54) is 0 Å². The molecule has 0 aliphatic carbocycles. The van der Waals surface area contributed by atoms with E-state index in [4.69, 9.17) is 21.8 Å². The van der Waals surface area contributed by atoms with Gasteiger partial charge in [0.05, 0.1) is 0 Å². The van der Waals surface area contributed by atoms with Crippen molar-refractivity contribution in [1.29, 1.82) is 0 Å². The molecule has 0 saturated carbocycles. The first-order chi connectivity index (χ1) is 5.57. The van der Waals surface area contributed by atoms with Crippen molar-refractivity contribution in [3.05, 3.63) is 11.6 Å². The Hall–Kier alpha value is -1.03. The number of carboxylic acid groups (broad SMARTS) is 2. The summed E-state index contributed by atoms with van der Waals surface area (Å²) in [6.07, 6.45) is 1.34. The molecule has 0 atom stereocenters. The van der Waals surface area contributed by atoms with Crippen LogP contribution in [0.5, 0.6) is 0 Å². The topological polar surface area (TPSA) is 74.6 Å². The number of rotatable bonds is 5. The highest BCUT2D eigenvalue weighted by Gasteiger charge is 2.08. The molecule has 0 spiro atoms. The predicted octanol–water partition coefficient (Wildman–Crippen LogP) is 1.10. The Morgan fingerprint density at radius 1 is 1.33 bits per heavy atom. The first kappa shape index (κ1) is 11.0. The summed E-state index contributed by atoms with van der Waals surface area (Å²) in [5.41, 5.74) is -0.122. The zero-order valence-electron chi connectivity index (χ0n) is 6.29. The molecule has 12 heavy (non-hydrogen) atoms. The van der Waals surface area contributed by atoms with E-state index in [0.29, 0.717) is 18.4 Å². The van der Waals surface area contributed by atoms with Crippen LogP contribution < -0.4 is 0 Å². The molecule has 0 unspecified atom stereocenters. The van der Waals surface area contributed by atoms with E-state index in [1.54, 1.807) is 0 Å².